The normalized spacial score (nSPS) is 10.3. The van der Waals surface area contributed by atoms with E-state index >= 15 is 0 Å². The smallest absolute Gasteiger partial charge is 0.344 e. The third-order valence-corrected chi connectivity index (χ3v) is 4.54. The fourth-order valence-electron chi connectivity index (χ4n) is 3.14. The molecule has 3 rings (SSSR count). The molecule has 152 valence electrons. The van der Waals surface area contributed by atoms with Crippen LogP contribution in [0.1, 0.15) is 27.3 Å². The maximum Gasteiger partial charge on any atom is 0.344 e. The van der Waals surface area contributed by atoms with Gasteiger partial charge in [-0.3, -0.25) is 4.79 Å². The fraction of sp³-hybridized carbons (Fsp3) is 0.174. The standard InChI is InChI=1S/C23H19FN2O4/c1-15-11-18(16(2)26(15)20-9-5-4-8-19(20)24)21(27)13-30-23(28)14-29-22-10-6-3-7-17(22)12-25/h3-11H,13-14H2,1-2H3. The summed E-state index contributed by atoms with van der Waals surface area (Å²) in [6, 6.07) is 16.4. The van der Waals surface area contributed by atoms with Gasteiger partial charge in [0, 0.05) is 17.0 Å². The van der Waals surface area contributed by atoms with Crippen LogP contribution < -0.4 is 4.74 Å². The molecule has 0 aliphatic heterocycles. The van der Waals surface area contributed by atoms with Crippen LogP contribution in [0.5, 0.6) is 5.75 Å². The maximum absolute atomic E-state index is 14.2. The van der Waals surface area contributed by atoms with Gasteiger partial charge in [-0.05, 0) is 44.2 Å². The minimum absolute atomic E-state index is 0.261. The van der Waals surface area contributed by atoms with E-state index in [-0.39, 0.29) is 5.75 Å². The van der Waals surface area contributed by atoms with Crippen LogP contribution in [0.2, 0.25) is 0 Å². The first-order chi connectivity index (χ1) is 14.4. The summed E-state index contributed by atoms with van der Waals surface area (Å²) in [6.45, 7) is 2.57. The number of Topliss-reactive ketones (excluding diaryl/α,β-unsaturated/α-hetero) is 1. The van der Waals surface area contributed by atoms with Crippen LogP contribution in [-0.2, 0) is 9.53 Å². The molecule has 0 spiro atoms. The first kappa shape index (κ1) is 20.8. The average molecular weight is 406 g/mol. The first-order valence-corrected chi connectivity index (χ1v) is 9.17. The second-order valence-electron chi connectivity index (χ2n) is 6.55. The predicted octanol–water partition coefficient (Wildman–Crippen LogP) is 3.91. The van der Waals surface area contributed by atoms with Gasteiger partial charge < -0.3 is 14.0 Å². The molecule has 0 N–H and O–H groups in total. The predicted molar refractivity (Wildman–Crippen MR) is 107 cm³/mol. The first-order valence-electron chi connectivity index (χ1n) is 9.17. The Morgan fingerprint density at radius 3 is 2.50 bits per heavy atom. The van der Waals surface area contributed by atoms with E-state index in [1.54, 1.807) is 66.9 Å². The van der Waals surface area contributed by atoms with Gasteiger partial charge in [-0.25, -0.2) is 9.18 Å². The summed E-state index contributed by atoms with van der Waals surface area (Å²) in [6.07, 6.45) is 0. The van der Waals surface area contributed by atoms with Gasteiger partial charge in [0.2, 0.25) is 5.78 Å². The highest BCUT2D eigenvalue weighted by atomic mass is 19.1. The quantitative estimate of drug-likeness (QED) is 0.439. The summed E-state index contributed by atoms with van der Waals surface area (Å²) >= 11 is 0. The summed E-state index contributed by atoms with van der Waals surface area (Å²) in [4.78, 5) is 24.5. The molecule has 6 nitrogen and oxygen atoms in total. The monoisotopic (exact) mass is 406 g/mol. The minimum atomic E-state index is -0.737. The summed E-state index contributed by atoms with van der Waals surface area (Å²) in [7, 11) is 0. The number of benzene rings is 2. The maximum atomic E-state index is 14.2. The van der Waals surface area contributed by atoms with E-state index < -0.39 is 30.8 Å². The van der Waals surface area contributed by atoms with Crippen molar-refractivity contribution in [1.29, 1.82) is 5.26 Å². The number of aryl methyl sites for hydroxylation is 1. The SMILES string of the molecule is Cc1cc(C(=O)COC(=O)COc2ccccc2C#N)c(C)n1-c1ccccc1F. The second-order valence-corrected chi connectivity index (χ2v) is 6.55. The van der Waals surface area contributed by atoms with E-state index in [1.165, 1.54) is 6.07 Å². The van der Waals surface area contributed by atoms with E-state index in [9.17, 15) is 14.0 Å². The number of hydrogen-bond acceptors (Lipinski definition) is 5. The molecule has 0 bridgehead atoms. The molecule has 0 saturated heterocycles. The van der Waals surface area contributed by atoms with E-state index in [0.29, 0.717) is 28.2 Å². The lowest BCUT2D eigenvalue weighted by Crippen LogP contribution is -2.20. The number of carbonyl (C=O) groups excluding carboxylic acids is 2. The molecular formula is C23H19FN2O4. The molecular weight excluding hydrogens is 387 g/mol. The highest BCUT2D eigenvalue weighted by Crippen LogP contribution is 2.23. The van der Waals surface area contributed by atoms with Crippen LogP contribution in [-0.4, -0.2) is 29.5 Å². The van der Waals surface area contributed by atoms with Crippen LogP contribution in [0.15, 0.2) is 54.6 Å². The van der Waals surface area contributed by atoms with Crippen molar-refractivity contribution in [2.75, 3.05) is 13.2 Å². The Bertz CT molecular complexity index is 1140. The van der Waals surface area contributed by atoms with Crippen molar-refractivity contribution < 1.29 is 23.5 Å². The van der Waals surface area contributed by atoms with Crippen LogP contribution in [0.25, 0.3) is 5.69 Å². The molecule has 0 saturated carbocycles. The summed E-state index contributed by atoms with van der Waals surface area (Å²) in [5, 5.41) is 9.02. The van der Waals surface area contributed by atoms with Crippen molar-refractivity contribution in [3.8, 4) is 17.5 Å². The molecule has 3 aromatic rings. The van der Waals surface area contributed by atoms with Gasteiger partial charge in [0.15, 0.2) is 13.2 Å². The Hall–Kier alpha value is -3.92. The van der Waals surface area contributed by atoms with E-state index in [4.69, 9.17) is 14.7 Å². The zero-order valence-electron chi connectivity index (χ0n) is 16.5. The van der Waals surface area contributed by atoms with Crippen molar-refractivity contribution in [1.82, 2.24) is 4.57 Å². The lowest BCUT2D eigenvalue weighted by atomic mass is 10.1. The van der Waals surface area contributed by atoms with Crippen molar-refractivity contribution in [2.45, 2.75) is 13.8 Å². The number of rotatable bonds is 7. The molecule has 1 aromatic heterocycles. The zero-order valence-corrected chi connectivity index (χ0v) is 16.5. The number of hydrogen-bond donors (Lipinski definition) is 0. The van der Waals surface area contributed by atoms with Crippen LogP contribution in [0.3, 0.4) is 0 Å². The van der Waals surface area contributed by atoms with Crippen molar-refractivity contribution in [2.24, 2.45) is 0 Å². The summed E-state index contributed by atoms with van der Waals surface area (Å²) in [5.74, 6) is -1.29. The third kappa shape index (κ3) is 4.39. The fourth-order valence-corrected chi connectivity index (χ4v) is 3.14. The summed E-state index contributed by atoms with van der Waals surface area (Å²) in [5.41, 5.74) is 2.22. The van der Waals surface area contributed by atoms with Gasteiger partial charge in [0.25, 0.3) is 0 Å². The topological polar surface area (TPSA) is 81.3 Å². The van der Waals surface area contributed by atoms with Crippen LogP contribution in [0, 0.1) is 31.0 Å². The van der Waals surface area contributed by atoms with E-state index in [1.807, 2.05) is 6.07 Å². The minimum Gasteiger partial charge on any atom is -0.481 e. The van der Waals surface area contributed by atoms with Gasteiger partial charge in [-0.1, -0.05) is 24.3 Å². The highest BCUT2D eigenvalue weighted by Gasteiger charge is 2.19. The third-order valence-electron chi connectivity index (χ3n) is 4.54. The molecule has 2 aromatic carbocycles. The van der Waals surface area contributed by atoms with Crippen LogP contribution in [0.4, 0.5) is 4.39 Å². The number of para-hydroxylation sites is 2. The number of carbonyl (C=O) groups is 2. The molecule has 0 aliphatic carbocycles. The number of halogens is 1. The van der Waals surface area contributed by atoms with Gasteiger partial charge in [-0.15, -0.1) is 0 Å². The number of nitriles is 1. The molecule has 1 heterocycles. The van der Waals surface area contributed by atoms with Crippen molar-refractivity contribution in [3.63, 3.8) is 0 Å². The highest BCUT2D eigenvalue weighted by molar-refractivity contribution is 5.99. The molecule has 0 unspecified atom stereocenters. The van der Waals surface area contributed by atoms with Gasteiger partial charge in [0.1, 0.15) is 17.6 Å². The number of nitrogens with zero attached hydrogens (tertiary/aromatic N) is 2. The van der Waals surface area contributed by atoms with Gasteiger partial charge in [-0.2, -0.15) is 5.26 Å². The number of esters is 1. The van der Waals surface area contributed by atoms with E-state index in [2.05, 4.69) is 0 Å². The Morgan fingerprint density at radius 2 is 1.77 bits per heavy atom. The number of ether oxygens (including phenoxy) is 2. The lowest BCUT2D eigenvalue weighted by molar-refractivity contribution is -0.144. The molecule has 0 fully saturated rings. The van der Waals surface area contributed by atoms with Crippen LogP contribution >= 0.6 is 0 Å². The average Bonchev–Trinajstić information content (AvgIpc) is 3.05. The molecule has 0 atom stereocenters. The van der Waals surface area contributed by atoms with Crippen molar-refractivity contribution in [3.05, 3.63) is 82.9 Å². The van der Waals surface area contributed by atoms with Gasteiger partial charge in [0.05, 0.1) is 11.3 Å². The largest absolute Gasteiger partial charge is 0.481 e. The molecule has 7 heteroatoms. The van der Waals surface area contributed by atoms with Crippen molar-refractivity contribution >= 4 is 11.8 Å². The Labute approximate surface area is 173 Å². The molecule has 0 aliphatic rings. The lowest BCUT2D eigenvalue weighted by Gasteiger charge is -2.11. The molecule has 0 amide bonds. The van der Waals surface area contributed by atoms with E-state index in [0.717, 1.165) is 0 Å². The Balaban J connectivity index is 1.64. The number of ketones is 1. The zero-order chi connectivity index (χ0) is 21.7. The number of aromatic nitrogens is 1. The molecule has 0 radical (unpaired) electrons. The Morgan fingerprint density at radius 1 is 1.07 bits per heavy atom. The Kier molecular flexibility index (Phi) is 6.28. The molecule has 30 heavy (non-hydrogen) atoms. The summed E-state index contributed by atoms with van der Waals surface area (Å²) < 4.78 is 26.1. The van der Waals surface area contributed by atoms with Gasteiger partial charge >= 0.3 is 5.97 Å². The second kappa shape index (κ2) is 9.05.